The quantitative estimate of drug-likeness (QED) is 0.929. The van der Waals surface area contributed by atoms with Crippen molar-refractivity contribution in [2.45, 2.75) is 13.0 Å². The van der Waals surface area contributed by atoms with Gasteiger partial charge >= 0.3 is 0 Å². The van der Waals surface area contributed by atoms with E-state index in [4.69, 9.17) is 10.00 Å². The van der Waals surface area contributed by atoms with E-state index >= 15 is 0 Å². The first-order chi connectivity index (χ1) is 9.51. The number of aliphatic hydroxyl groups excluding tert-OH is 1. The van der Waals surface area contributed by atoms with Crippen molar-refractivity contribution in [3.63, 3.8) is 0 Å². The number of hydrogen-bond acceptors (Lipinski definition) is 3. The minimum Gasteiger partial charge on any atom is -0.454 e. The van der Waals surface area contributed by atoms with Crippen LogP contribution in [0, 0.1) is 23.0 Å². The molecule has 0 radical (unpaired) electrons. The van der Waals surface area contributed by atoms with E-state index in [-0.39, 0.29) is 22.6 Å². The molecule has 1 N–H and O–H groups in total. The fraction of sp³-hybridized carbons (Fsp3) is 0.133. The van der Waals surface area contributed by atoms with Gasteiger partial charge in [0.05, 0.1) is 17.7 Å². The predicted molar refractivity (Wildman–Crippen MR) is 68.2 cm³/mol. The lowest BCUT2D eigenvalue weighted by Crippen LogP contribution is -1.98. The highest BCUT2D eigenvalue weighted by Gasteiger charge is 2.13. The van der Waals surface area contributed by atoms with Crippen LogP contribution in [0.15, 0.2) is 36.4 Å². The van der Waals surface area contributed by atoms with E-state index in [0.717, 1.165) is 18.2 Å². The molecule has 0 aliphatic carbocycles. The first-order valence-corrected chi connectivity index (χ1v) is 5.86. The van der Waals surface area contributed by atoms with Crippen molar-refractivity contribution in [3.8, 4) is 17.6 Å². The molecule has 0 unspecified atom stereocenters. The number of aliphatic hydroxyl groups is 1. The fourth-order valence-electron chi connectivity index (χ4n) is 1.71. The van der Waals surface area contributed by atoms with Gasteiger partial charge in [-0.05, 0) is 43.3 Å². The summed E-state index contributed by atoms with van der Waals surface area (Å²) >= 11 is 0. The maximum Gasteiger partial charge on any atom is 0.167 e. The summed E-state index contributed by atoms with van der Waals surface area (Å²) in [5.41, 5.74) is 0.387. The molecule has 0 fully saturated rings. The van der Waals surface area contributed by atoms with Gasteiger partial charge in [-0.3, -0.25) is 0 Å². The maximum atomic E-state index is 13.7. The Labute approximate surface area is 114 Å². The molecule has 0 aliphatic heterocycles. The van der Waals surface area contributed by atoms with Crippen molar-refractivity contribution in [2.75, 3.05) is 0 Å². The Hall–Kier alpha value is -2.45. The van der Waals surface area contributed by atoms with E-state index < -0.39 is 17.7 Å². The Morgan fingerprint density at radius 2 is 1.85 bits per heavy atom. The van der Waals surface area contributed by atoms with Crippen LogP contribution in [-0.4, -0.2) is 5.11 Å². The first-order valence-electron chi connectivity index (χ1n) is 5.86. The second kappa shape index (κ2) is 5.68. The number of benzene rings is 2. The van der Waals surface area contributed by atoms with Gasteiger partial charge in [0.1, 0.15) is 11.6 Å². The number of hydrogen-bond donors (Lipinski definition) is 1. The Kier molecular flexibility index (Phi) is 3.97. The van der Waals surface area contributed by atoms with E-state index in [1.165, 1.54) is 25.1 Å². The summed E-state index contributed by atoms with van der Waals surface area (Å²) in [7, 11) is 0. The van der Waals surface area contributed by atoms with Crippen LogP contribution in [0.5, 0.6) is 11.5 Å². The molecule has 0 heterocycles. The summed E-state index contributed by atoms with van der Waals surface area (Å²) in [4.78, 5) is 0. The minimum atomic E-state index is -0.956. The zero-order valence-corrected chi connectivity index (χ0v) is 10.6. The van der Waals surface area contributed by atoms with Crippen LogP contribution in [0.25, 0.3) is 0 Å². The maximum absolute atomic E-state index is 13.7. The zero-order valence-electron chi connectivity index (χ0n) is 10.6. The van der Waals surface area contributed by atoms with Crippen molar-refractivity contribution in [2.24, 2.45) is 0 Å². The van der Waals surface area contributed by atoms with Crippen LogP contribution >= 0.6 is 0 Å². The standard InChI is InChI=1S/C15H11F2NO2/c1-9(19)12-7-11(16)3-5-14(12)20-15-4-2-10(8-18)6-13(15)17/h2-7,9,19H,1H3/t9-/m1/s1. The van der Waals surface area contributed by atoms with Crippen molar-refractivity contribution >= 4 is 0 Å². The Morgan fingerprint density at radius 3 is 2.45 bits per heavy atom. The summed E-state index contributed by atoms with van der Waals surface area (Å²) < 4.78 is 32.2. The number of halogens is 2. The first kappa shape index (κ1) is 14.0. The molecular formula is C15H11F2NO2. The lowest BCUT2D eigenvalue weighted by Gasteiger charge is -2.13. The molecule has 0 spiro atoms. The highest BCUT2D eigenvalue weighted by Crippen LogP contribution is 2.31. The molecule has 5 heteroatoms. The van der Waals surface area contributed by atoms with Crippen LogP contribution in [0.2, 0.25) is 0 Å². The minimum absolute atomic E-state index is 0.0995. The lowest BCUT2D eigenvalue weighted by atomic mass is 10.1. The van der Waals surface area contributed by atoms with Crippen molar-refractivity contribution in [1.29, 1.82) is 5.26 Å². The molecule has 2 aromatic carbocycles. The van der Waals surface area contributed by atoms with Gasteiger partial charge in [0.25, 0.3) is 0 Å². The number of nitrogens with zero attached hydrogens (tertiary/aromatic N) is 1. The topological polar surface area (TPSA) is 53.2 Å². The zero-order chi connectivity index (χ0) is 14.7. The normalized spacial score (nSPS) is 11.8. The van der Waals surface area contributed by atoms with Gasteiger partial charge in [-0.1, -0.05) is 0 Å². The van der Waals surface area contributed by atoms with Crippen LogP contribution in [-0.2, 0) is 0 Å². The van der Waals surface area contributed by atoms with E-state index in [1.807, 2.05) is 6.07 Å². The summed E-state index contributed by atoms with van der Waals surface area (Å²) in [6.45, 7) is 1.46. The third-order valence-corrected chi connectivity index (χ3v) is 2.70. The molecule has 2 aromatic rings. The SMILES string of the molecule is C[C@@H](O)c1cc(F)ccc1Oc1ccc(C#N)cc1F. The molecule has 0 bridgehead atoms. The molecule has 0 aliphatic rings. The number of nitriles is 1. The third kappa shape index (κ3) is 2.92. The van der Waals surface area contributed by atoms with E-state index in [2.05, 4.69) is 0 Å². The average molecular weight is 275 g/mol. The van der Waals surface area contributed by atoms with Gasteiger partial charge in [0.2, 0.25) is 0 Å². The Morgan fingerprint density at radius 1 is 1.15 bits per heavy atom. The molecule has 20 heavy (non-hydrogen) atoms. The van der Waals surface area contributed by atoms with Gasteiger partial charge in [-0.25, -0.2) is 8.78 Å². The predicted octanol–water partition coefficient (Wildman–Crippen LogP) is 3.68. The van der Waals surface area contributed by atoms with E-state index in [9.17, 15) is 13.9 Å². The van der Waals surface area contributed by atoms with Crippen LogP contribution in [0.4, 0.5) is 8.78 Å². The molecule has 0 amide bonds. The monoisotopic (exact) mass is 275 g/mol. The van der Waals surface area contributed by atoms with Crippen molar-refractivity contribution < 1.29 is 18.6 Å². The fourth-order valence-corrected chi connectivity index (χ4v) is 1.71. The van der Waals surface area contributed by atoms with E-state index in [1.54, 1.807) is 0 Å². The van der Waals surface area contributed by atoms with Gasteiger partial charge in [0.15, 0.2) is 11.6 Å². The molecule has 0 saturated heterocycles. The van der Waals surface area contributed by atoms with Crippen molar-refractivity contribution in [1.82, 2.24) is 0 Å². The molecule has 2 rings (SSSR count). The Bertz CT molecular complexity index is 678. The molecule has 1 atom stereocenters. The molecule has 102 valence electrons. The van der Waals surface area contributed by atoms with Gasteiger partial charge in [-0.2, -0.15) is 5.26 Å². The van der Waals surface area contributed by atoms with Crippen LogP contribution < -0.4 is 4.74 Å². The highest BCUT2D eigenvalue weighted by molar-refractivity contribution is 5.42. The highest BCUT2D eigenvalue weighted by atomic mass is 19.1. The average Bonchev–Trinajstić information content (AvgIpc) is 2.42. The summed E-state index contributed by atoms with van der Waals surface area (Å²) in [6.07, 6.45) is -0.956. The van der Waals surface area contributed by atoms with Crippen LogP contribution in [0.3, 0.4) is 0 Å². The number of ether oxygens (including phenoxy) is 1. The van der Waals surface area contributed by atoms with Gasteiger partial charge in [0, 0.05) is 5.56 Å². The Balaban J connectivity index is 2.38. The second-order valence-corrected chi connectivity index (χ2v) is 4.22. The largest absolute Gasteiger partial charge is 0.454 e. The molecule has 0 saturated carbocycles. The van der Waals surface area contributed by atoms with Crippen molar-refractivity contribution in [3.05, 3.63) is 59.2 Å². The summed E-state index contributed by atoms with van der Waals surface area (Å²) in [5, 5.41) is 18.2. The second-order valence-electron chi connectivity index (χ2n) is 4.22. The lowest BCUT2D eigenvalue weighted by molar-refractivity contribution is 0.195. The van der Waals surface area contributed by atoms with Crippen LogP contribution in [0.1, 0.15) is 24.2 Å². The summed E-state index contributed by atoms with van der Waals surface area (Å²) in [5.74, 6) is -1.17. The van der Waals surface area contributed by atoms with Gasteiger partial charge in [-0.15, -0.1) is 0 Å². The molecular weight excluding hydrogens is 264 g/mol. The smallest absolute Gasteiger partial charge is 0.167 e. The number of rotatable bonds is 3. The van der Waals surface area contributed by atoms with Gasteiger partial charge < -0.3 is 9.84 Å². The van der Waals surface area contributed by atoms with E-state index in [0.29, 0.717) is 0 Å². The summed E-state index contributed by atoms with van der Waals surface area (Å²) in [6, 6.07) is 9.17. The molecule has 3 nitrogen and oxygen atoms in total. The molecule has 0 aromatic heterocycles. The third-order valence-electron chi connectivity index (χ3n) is 2.70.